The number of hydrogen-bond donors (Lipinski definition) is 1. The highest BCUT2D eigenvalue weighted by Crippen LogP contribution is 2.24. The number of nitrogens with zero attached hydrogens (tertiary/aromatic N) is 3. The number of nitrogens with one attached hydrogen (secondary N) is 1. The molecule has 39 heavy (non-hydrogen) atoms. The Bertz CT molecular complexity index is 923. The van der Waals surface area contributed by atoms with E-state index in [9.17, 15) is 19.2 Å². The Labute approximate surface area is 235 Å². The van der Waals surface area contributed by atoms with Crippen molar-refractivity contribution in [2.24, 2.45) is 11.8 Å². The third-order valence-corrected chi connectivity index (χ3v) is 7.73. The van der Waals surface area contributed by atoms with Crippen molar-refractivity contribution in [3.05, 3.63) is 11.6 Å². The molecule has 3 amide bonds. The van der Waals surface area contributed by atoms with Crippen LogP contribution in [-0.4, -0.2) is 95.3 Å². The summed E-state index contributed by atoms with van der Waals surface area (Å²) in [4.78, 5) is 58.4. The van der Waals surface area contributed by atoms with Gasteiger partial charge in [0, 0.05) is 19.2 Å². The molecule has 0 unspecified atom stereocenters. The summed E-state index contributed by atoms with van der Waals surface area (Å²) in [6.07, 6.45) is 6.00. The summed E-state index contributed by atoms with van der Waals surface area (Å²) >= 11 is 0. The fraction of sp³-hybridized carbons (Fsp3) is 0.800. The highest BCUT2D eigenvalue weighted by atomic mass is 16.6. The Hall–Kier alpha value is -2.42. The smallest absolute Gasteiger partial charge is 0.329 e. The number of rotatable bonds is 9. The van der Waals surface area contributed by atoms with Crippen LogP contribution in [-0.2, 0) is 23.9 Å². The van der Waals surface area contributed by atoms with Crippen molar-refractivity contribution in [3.8, 4) is 0 Å². The van der Waals surface area contributed by atoms with E-state index < -0.39 is 17.7 Å². The predicted molar refractivity (Wildman–Crippen MR) is 153 cm³/mol. The summed E-state index contributed by atoms with van der Waals surface area (Å²) in [6, 6.07) is -1.86. The number of likely N-dealkylation sites (tertiary alicyclic amines) is 2. The zero-order valence-electron chi connectivity index (χ0n) is 25.9. The van der Waals surface area contributed by atoms with E-state index in [0.29, 0.717) is 18.5 Å². The number of likely N-dealkylation sites (N-methyl/N-ethyl adjacent to an activating group) is 2. The molecule has 1 N–H and O–H groups in total. The maximum Gasteiger partial charge on any atom is 0.329 e. The Morgan fingerprint density at radius 3 is 2.10 bits per heavy atom. The van der Waals surface area contributed by atoms with Crippen molar-refractivity contribution in [1.29, 1.82) is 0 Å². The lowest BCUT2D eigenvalue weighted by atomic mass is 9.96. The van der Waals surface area contributed by atoms with E-state index >= 15 is 0 Å². The van der Waals surface area contributed by atoms with Gasteiger partial charge in [0.15, 0.2) is 0 Å². The van der Waals surface area contributed by atoms with Gasteiger partial charge < -0.3 is 19.9 Å². The lowest BCUT2D eigenvalue weighted by Gasteiger charge is -2.36. The van der Waals surface area contributed by atoms with E-state index in [1.807, 2.05) is 61.6 Å². The summed E-state index contributed by atoms with van der Waals surface area (Å²) in [5.74, 6) is -0.967. The molecule has 0 bridgehead atoms. The number of esters is 1. The predicted octanol–water partition coefficient (Wildman–Crippen LogP) is 3.37. The topological polar surface area (TPSA) is 99.3 Å². The van der Waals surface area contributed by atoms with Crippen LogP contribution in [0.5, 0.6) is 0 Å². The quantitative estimate of drug-likeness (QED) is 0.350. The standard InChI is InChI=1S/C30H52N4O5/c1-19(2)24(18-21(5)27(36)34-17-13-15-23(34)29(38)39-30(6,7)8)33(10)28(37)25(20(3)4)31-26(35)22-14-11-12-16-32(22)9/h18-20,22-25H,11-17H2,1-10H3,(H,31,35)/t22-,23+,24-,25+/m1/s1. The van der Waals surface area contributed by atoms with E-state index in [1.165, 1.54) is 0 Å². The first-order valence-electron chi connectivity index (χ1n) is 14.5. The maximum atomic E-state index is 13.7. The van der Waals surface area contributed by atoms with Crippen molar-refractivity contribution < 1.29 is 23.9 Å². The van der Waals surface area contributed by atoms with Gasteiger partial charge in [-0.3, -0.25) is 19.3 Å². The van der Waals surface area contributed by atoms with Gasteiger partial charge >= 0.3 is 5.97 Å². The molecule has 2 saturated heterocycles. The molecule has 9 nitrogen and oxygen atoms in total. The lowest BCUT2D eigenvalue weighted by molar-refractivity contribution is -0.162. The Balaban J connectivity index is 2.20. The second-order valence-corrected chi connectivity index (χ2v) is 12.9. The number of ether oxygens (including phenoxy) is 1. The number of hydrogen-bond acceptors (Lipinski definition) is 6. The van der Waals surface area contributed by atoms with Crippen LogP contribution >= 0.6 is 0 Å². The van der Waals surface area contributed by atoms with Gasteiger partial charge in [-0.15, -0.1) is 0 Å². The first-order chi connectivity index (χ1) is 18.0. The summed E-state index contributed by atoms with van der Waals surface area (Å²) in [6.45, 7) is 16.4. The Kier molecular flexibility index (Phi) is 11.6. The first kappa shape index (κ1) is 32.8. The number of carbonyl (C=O) groups is 4. The zero-order chi connectivity index (χ0) is 29.7. The Morgan fingerprint density at radius 2 is 1.56 bits per heavy atom. The van der Waals surface area contributed by atoms with Crippen molar-refractivity contribution in [3.63, 3.8) is 0 Å². The third-order valence-electron chi connectivity index (χ3n) is 7.73. The number of amides is 3. The van der Waals surface area contributed by atoms with Crippen LogP contribution in [0.2, 0.25) is 0 Å². The minimum atomic E-state index is -0.668. The highest BCUT2D eigenvalue weighted by Gasteiger charge is 2.38. The van der Waals surface area contributed by atoms with Gasteiger partial charge in [0.2, 0.25) is 17.7 Å². The molecule has 0 saturated carbocycles. The summed E-state index contributed by atoms with van der Waals surface area (Å²) in [5.41, 5.74) is -0.141. The van der Waals surface area contributed by atoms with Crippen molar-refractivity contribution >= 4 is 23.7 Å². The minimum Gasteiger partial charge on any atom is -0.458 e. The molecule has 0 aliphatic carbocycles. The summed E-state index contributed by atoms with van der Waals surface area (Å²) in [7, 11) is 3.68. The second kappa shape index (κ2) is 13.8. The van der Waals surface area contributed by atoms with E-state index in [2.05, 4.69) is 10.2 Å². The van der Waals surface area contributed by atoms with E-state index in [1.54, 1.807) is 23.8 Å². The van der Waals surface area contributed by atoms with Gasteiger partial charge in [0.05, 0.1) is 12.1 Å². The van der Waals surface area contributed by atoms with Gasteiger partial charge in [-0.05, 0) is 78.8 Å². The molecule has 2 rings (SSSR count). The van der Waals surface area contributed by atoms with Crippen LogP contribution in [0.4, 0.5) is 0 Å². The lowest BCUT2D eigenvalue weighted by Crippen LogP contribution is -2.57. The Morgan fingerprint density at radius 1 is 0.949 bits per heavy atom. The average molecular weight is 549 g/mol. The molecule has 0 radical (unpaired) electrons. The van der Waals surface area contributed by atoms with Crippen LogP contribution in [0.25, 0.3) is 0 Å². The molecule has 4 atom stereocenters. The number of piperidine rings is 1. The van der Waals surface area contributed by atoms with E-state index in [-0.39, 0.29) is 47.6 Å². The monoisotopic (exact) mass is 548 g/mol. The average Bonchev–Trinajstić information content (AvgIpc) is 3.33. The normalized spacial score (nSPS) is 22.6. The zero-order valence-corrected chi connectivity index (χ0v) is 25.9. The molecule has 0 spiro atoms. The molecular weight excluding hydrogens is 496 g/mol. The molecule has 2 aliphatic heterocycles. The van der Waals surface area contributed by atoms with Gasteiger partial charge in [0.25, 0.3) is 0 Å². The maximum absolute atomic E-state index is 13.7. The van der Waals surface area contributed by atoms with Gasteiger partial charge in [0.1, 0.15) is 17.7 Å². The molecule has 2 fully saturated rings. The minimum absolute atomic E-state index is 0.0231. The van der Waals surface area contributed by atoms with E-state index in [4.69, 9.17) is 4.74 Å². The molecule has 2 heterocycles. The summed E-state index contributed by atoms with van der Waals surface area (Å²) in [5, 5.41) is 3.03. The van der Waals surface area contributed by atoms with Crippen molar-refractivity contribution in [2.45, 2.75) is 117 Å². The van der Waals surface area contributed by atoms with Crippen LogP contribution in [0.3, 0.4) is 0 Å². The number of carbonyl (C=O) groups excluding carboxylic acids is 4. The fourth-order valence-electron chi connectivity index (χ4n) is 5.47. The van der Waals surface area contributed by atoms with Gasteiger partial charge in [-0.2, -0.15) is 0 Å². The van der Waals surface area contributed by atoms with Crippen LogP contribution in [0, 0.1) is 11.8 Å². The molecule has 0 aromatic carbocycles. The molecule has 222 valence electrons. The largest absolute Gasteiger partial charge is 0.458 e. The molecule has 2 aliphatic rings. The third kappa shape index (κ3) is 8.78. The van der Waals surface area contributed by atoms with E-state index in [0.717, 1.165) is 32.2 Å². The summed E-state index contributed by atoms with van der Waals surface area (Å²) < 4.78 is 5.56. The van der Waals surface area contributed by atoms with Crippen molar-refractivity contribution in [1.82, 2.24) is 20.0 Å². The molecule has 0 aromatic heterocycles. The first-order valence-corrected chi connectivity index (χ1v) is 14.5. The SMILES string of the molecule is CC(=C[C@H](C(C)C)N(C)C(=O)[C@@H](NC(=O)[C@H]1CCCCN1C)C(C)C)C(=O)N1CCC[C@H]1C(=O)OC(C)(C)C. The van der Waals surface area contributed by atoms with Crippen LogP contribution < -0.4 is 5.32 Å². The van der Waals surface area contributed by atoms with Crippen LogP contribution in [0.15, 0.2) is 11.6 Å². The molecule has 0 aromatic rings. The van der Waals surface area contributed by atoms with Crippen molar-refractivity contribution in [2.75, 3.05) is 27.2 Å². The molecule has 9 heteroatoms. The highest BCUT2D eigenvalue weighted by molar-refractivity contribution is 5.96. The van der Waals surface area contributed by atoms with Crippen LogP contribution in [0.1, 0.15) is 87.5 Å². The second-order valence-electron chi connectivity index (χ2n) is 12.9. The van der Waals surface area contributed by atoms with Gasteiger partial charge in [-0.25, -0.2) is 4.79 Å². The fourth-order valence-corrected chi connectivity index (χ4v) is 5.47. The molecular formula is C30H52N4O5. The van der Waals surface area contributed by atoms with Gasteiger partial charge in [-0.1, -0.05) is 40.2 Å².